The Balaban J connectivity index is 1.71. The van der Waals surface area contributed by atoms with Crippen LogP contribution < -0.4 is 5.32 Å². The molecule has 1 aromatic heterocycles. The lowest BCUT2D eigenvalue weighted by atomic mass is 10.1. The summed E-state index contributed by atoms with van der Waals surface area (Å²) in [5.41, 5.74) is 1.37. The number of aromatic amines is 1. The van der Waals surface area contributed by atoms with Crippen LogP contribution in [0.25, 0.3) is 0 Å². The predicted octanol–water partition coefficient (Wildman–Crippen LogP) is 2.44. The molecule has 4 heteroatoms. The minimum absolute atomic E-state index is 0.439. The summed E-state index contributed by atoms with van der Waals surface area (Å²) in [4.78, 5) is 8.09. The first kappa shape index (κ1) is 10.7. The van der Waals surface area contributed by atoms with Gasteiger partial charge in [0.15, 0.2) is 0 Å². The summed E-state index contributed by atoms with van der Waals surface area (Å²) >= 11 is 2.02. The quantitative estimate of drug-likeness (QED) is 0.830. The fourth-order valence-corrected chi connectivity index (χ4v) is 3.65. The standard InChI is InChI=1S/C12H19N3S/c1-2-4-9(3-1)10-7-14-12(15-10)11-8-16-6-5-13-11/h7,9,11,13H,1-6,8H2,(H,14,15). The van der Waals surface area contributed by atoms with Crippen molar-refractivity contribution in [2.24, 2.45) is 0 Å². The van der Waals surface area contributed by atoms with E-state index in [0.29, 0.717) is 6.04 Å². The first-order valence-electron chi connectivity index (χ1n) is 6.29. The zero-order chi connectivity index (χ0) is 10.8. The smallest absolute Gasteiger partial charge is 0.124 e. The molecule has 3 nitrogen and oxygen atoms in total. The molecule has 2 heterocycles. The van der Waals surface area contributed by atoms with Crippen molar-refractivity contribution in [3.63, 3.8) is 0 Å². The van der Waals surface area contributed by atoms with Gasteiger partial charge in [-0.1, -0.05) is 12.8 Å². The molecule has 1 unspecified atom stereocenters. The Bertz CT molecular complexity index is 338. The van der Waals surface area contributed by atoms with Crippen LogP contribution in [0.3, 0.4) is 0 Å². The lowest BCUT2D eigenvalue weighted by molar-refractivity contribution is 0.566. The SMILES string of the molecule is c1nc(C2CSCCN2)[nH]c1C1CCCC1. The van der Waals surface area contributed by atoms with Gasteiger partial charge in [0, 0.05) is 35.9 Å². The molecule has 0 aromatic carbocycles. The Morgan fingerprint density at radius 1 is 1.31 bits per heavy atom. The second kappa shape index (κ2) is 4.80. The Hall–Kier alpha value is -0.480. The Labute approximate surface area is 101 Å². The van der Waals surface area contributed by atoms with Gasteiger partial charge in [0.05, 0.1) is 6.04 Å². The molecule has 1 saturated heterocycles. The van der Waals surface area contributed by atoms with E-state index in [1.807, 2.05) is 11.8 Å². The number of H-pyrrole nitrogens is 1. The van der Waals surface area contributed by atoms with Crippen molar-refractivity contribution in [1.82, 2.24) is 15.3 Å². The van der Waals surface area contributed by atoms with Gasteiger partial charge in [-0.3, -0.25) is 0 Å². The van der Waals surface area contributed by atoms with Crippen LogP contribution in [0.1, 0.15) is 49.2 Å². The maximum atomic E-state index is 4.55. The van der Waals surface area contributed by atoms with Crippen LogP contribution >= 0.6 is 11.8 Å². The summed E-state index contributed by atoms with van der Waals surface area (Å²) in [7, 11) is 0. The Morgan fingerprint density at radius 3 is 2.94 bits per heavy atom. The molecule has 2 fully saturated rings. The maximum absolute atomic E-state index is 4.55. The number of hydrogen-bond donors (Lipinski definition) is 2. The first-order chi connectivity index (χ1) is 7.93. The molecule has 88 valence electrons. The molecule has 1 aromatic rings. The van der Waals surface area contributed by atoms with Crippen molar-refractivity contribution in [3.05, 3.63) is 17.7 Å². The number of thioether (sulfide) groups is 1. The van der Waals surface area contributed by atoms with Gasteiger partial charge in [-0.15, -0.1) is 0 Å². The van der Waals surface area contributed by atoms with Crippen LogP contribution in [-0.4, -0.2) is 28.0 Å². The van der Waals surface area contributed by atoms with E-state index in [-0.39, 0.29) is 0 Å². The van der Waals surface area contributed by atoms with Crippen LogP contribution in [0, 0.1) is 0 Å². The molecule has 2 N–H and O–H groups in total. The number of hydrogen-bond acceptors (Lipinski definition) is 3. The average molecular weight is 237 g/mol. The second-order valence-corrected chi connectivity index (χ2v) is 5.94. The number of aromatic nitrogens is 2. The molecule has 1 saturated carbocycles. The summed E-state index contributed by atoms with van der Waals surface area (Å²) in [5.74, 6) is 4.27. The molecule has 0 bridgehead atoms. The van der Waals surface area contributed by atoms with Gasteiger partial charge in [0.25, 0.3) is 0 Å². The van der Waals surface area contributed by atoms with Crippen LogP contribution in [0.4, 0.5) is 0 Å². The van der Waals surface area contributed by atoms with Gasteiger partial charge in [-0.2, -0.15) is 11.8 Å². The van der Waals surface area contributed by atoms with Crippen LogP contribution in [-0.2, 0) is 0 Å². The molecule has 0 radical (unpaired) electrons. The zero-order valence-electron chi connectivity index (χ0n) is 9.54. The molecule has 16 heavy (non-hydrogen) atoms. The highest BCUT2D eigenvalue weighted by atomic mass is 32.2. The first-order valence-corrected chi connectivity index (χ1v) is 7.45. The third kappa shape index (κ3) is 2.13. The Kier molecular flexibility index (Phi) is 3.20. The largest absolute Gasteiger partial charge is 0.344 e. The summed E-state index contributed by atoms with van der Waals surface area (Å²) < 4.78 is 0. The normalized spacial score (nSPS) is 27.4. The summed E-state index contributed by atoms with van der Waals surface area (Å²) in [6.45, 7) is 1.11. The van der Waals surface area contributed by atoms with Gasteiger partial charge >= 0.3 is 0 Å². The topological polar surface area (TPSA) is 40.7 Å². The van der Waals surface area contributed by atoms with Crippen LogP contribution in [0.2, 0.25) is 0 Å². The summed E-state index contributed by atoms with van der Waals surface area (Å²) in [6.07, 6.45) is 7.52. The monoisotopic (exact) mass is 237 g/mol. The van der Waals surface area contributed by atoms with Gasteiger partial charge in [-0.25, -0.2) is 4.98 Å². The molecular weight excluding hydrogens is 218 g/mol. The zero-order valence-corrected chi connectivity index (χ0v) is 10.4. The van der Waals surface area contributed by atoms with E-state index in [1.54, 1.807) is 0 Å². The van der Waals surface area contributed by atoms with E-state index in [2.05, 4.69) is 21.5 Å². The number of nitrogens with one attached hydrogen (secondary N) is 2. The van der Waals surface area contributed by atoms with Gasteiger partial charge in [0.2, 0.25) is 0 Å². The van der Waals surface area contributed by atoms with Crippen molar-refractivity contribution in [1.29, 1.82) is 0 Å². The van der Waals surface area contributed by atoms with Gasteiger partial charge in [-0.05, 0) is 12.8 Å². The molecule has 2 aliphatic rings. The highest BCUT2D eigenvalue weighted by molar-refractivity contribution is 7.99. The van der Waals surface area contributed by atoms with E-state index in [9.17, 15) is 0 Å². The van der Waals surface area contributed by atoms with Crippen molar-refractivity contribution < 1.29 is 0 Å². The lowest BCUT2D eigenvalue weighted by Crippen LogP contribution is -2.31. The van der Waals surface area contributed by atoms with E-state index in [1.165, 1.54) is 37.1 Å². The highest BCUT2D eigenvalue weighted by Gasteiger charge is 2.22. The lowest BCUT2D eigenvalue weighted by Gasteiger charge is -2.21. The minimum atomic E-state index is 0.439. The number of imidazole rings is 1. The molecule has 3 rings (SSSR count). The fourth-order valence-electron chi connectivity index (χ4n) is 2.71. The number of rotatable bonds is 2. The van der Waals surface area contributed by atoms with Gasteiger partial charge < -0.3 is 10.3 Å². The van der Waals surface area contributed by atoms with Crippen molar-refractivity contribution in [2.75, 3.05) is 18.1 Å². The van der Waals surface area contributed by atoms with E-state index in [0.717, 1.165) is 24.0 Å². The second-order valence-electron chi connectivity index (χ2n) is 4.79. The summed E-state index contributed by atoms with van der Waals surface area (Å²) in [5, 5.41) is 3.52. The fraction of sp³-hybridized carbons (Fsp3) is 0.750. The maximum Gasteiger partial charge on any atom is 0.124 e. The van der Waals surface area contributed by atoms with E-state index in [4.69, 9.17) is 0 Å². The van der Waals surface area contributed by atoms with E-state index < -0.39 is 0 Å². The molecule has 0 spiro atoms. The molecule has 1 aliphatic carbocycles. The highest BCUT2D eigenvalue weighted by Crippen LogP contribution is 2.33. The molecule has 1 atom stereocenters. The van der Waals surface area contributed by atoms with Gasteiger partial charge in [0.1, 0.15) is 5.82 Å². The molecular formula is C12H19N3S. The molecule has 1 aliphatic heterocycles. The van der Waals surface area contributed by atoms with Crippen molar-refractivity contribution in [2.45, 2.75) is 37.6 Å². The third-order valence-electron chi connectivity index (χ3n) is 3.66. The predicted molar refractivity (Wildman–Crippen MR) is 67.9 cm³/mol. The van der Waals surface area contributed by atoms with E-state index >= 15 is 0 Å². The van der Waals surface area contributed by atoms with Crippen LogP contribution in [0.5, 0.6) is 0 Å². The minimum Gasteiger partial charge on any atom is -0.344 e. The van der Waals surface area contributed by atoms with Crippen molar-refractivity contribution >= 4 is 11.8 Å². The summed E-state index contributed by atoms with van der Waals surface area (Å²) in [6, 6.07) is 0.439. The average Bonchev–Trinajstić information content (AvgIpc) is 3.01. The third-order valence-corrected chi connectivity index (χ3v) is 4.72. The van der Waals surface area contributed by atoms with Crippen molar-refractivity contribution in [3.8, 4) is 0 Å². The Morgan fingerprint density at radius 2 is 2.19 bits per heavy atom. The molecule has 0 amide bonds. The van der Waals surface area contributed by atoms with Crippen LogP contribution in [0.15, 0.2) is 6.20 Å². The number of nitrogens with zero attached hydrogens (tertiary/aromatic N) is 1.